The molecule has 1 aromatic carbocycles. The zero-order chi connectivity index (χ0) is 10.8. The van der Waals surface area contributed by atoms with Crippen LogP contribution >= 0.6 is 0 Å². The maximum atomic E-state index is 4.55. The first kappa shape index (κ1) is 9.73. The van der Waals surface area contributed by atoms with Gasteiger partial charge in [-0.2, -0.15) is 0 Å². The highest BCUT2D eigenvalue weighted by atomic mass is 15.3. The lowest BCUT2D eigenvalue weighted by Crippen LogP contribution is -2.24. The molecule has 0 N–H and O–H groups in total. The van der Waals surface area contributed by atoms with Crippen molar-refractivity contribution in [2.24, 2.45) is 9.98 Å². The van der Waals surface area contributed by atoms with Gasteiger partial charge in [0.2, 0.25) is 0 Å². The topological polar surface area (TPSA) is 28.0 Å². The third-order valence-electron chi connectivity index (χ3n) is 3.25. The van der Waals surface area contributed by atoms with Gasteiger partial charge in [-0.25, -0.2) is 9.98 Å². The van der Waals surface area contributed by atoms with Crippen molar-refractivity contribution in [3.05, 3.63) is 35.4 Å². The van der Waals surface area contributed by atoms with Crippen LogP contribution in [0.5, 0.6) is 0 Å². The van der Waals surface area contributed by atoms with E-state index in [9.17, 15) is 0 Å². The summed E-state index contributed by atoms with van der Waals surface area (Å²) in [7, 11) is 0. The number of rotatable bonds is 1. The van der Waals surface area contributed by atoms with E-state index in [1.807, 2.05) is 6.21 Å². The Balaban J connectivity index is 2.00. The highest BCUT2D eigenvalue weighted by Gasteiger charge is 2.24. The quantitative estimate of drug-likeness (QED) is 0.703. The van der Waals surface area contributed by atoms with Gasteiger partial charge in [0.25, 0.3) is 0 Å². The first-order valence-corrected chi connectivity index (χ1v) is 5.83. The molecule has 1 aromatic rings. The normalized spacial score (nSPS) is 24.4. The van der Waals surface area contributed by atoms with Crippen molar-refractivity contribution in [3.8, 4) is 0 Å². The van der Waals surface area contributed by atoms with Gasteiger partial charge in [-0.15, -0.1) is 0 Å². The third kappa shape index (κ3) is 1.67. The van der Waals surface area contributed by atoms with Crippen molar-refractivity contribution >= 4 is 12.6 Å². The van der Waals surface area contributed by atoms with Crippen molar-refractivity contribution in [1.29, 1.82) is 0 Å². The molecule has 1 atom stereocenters. The predicted molar refractivity (Wildman–Crippen MR) is 66.1 cm³/mol. The minimum atomic E-state index is 0.168. The molecule has 0 aliphatic carbocycles. The smallest absolute Gasteiger partial charge is 0.130 e. The fraction of sp³-hybridized carbons (Fsp3) is 0.385. The maximum Gasteiger partial charge on any atom is 0.130 e. The fourth-order valence-corrected chi connectivity index (χ4v) is 2.44. The number of aliphatic imine (C=N–C) groups is 2. The zero-order valence-electron chi connectivity index (χ0n) is 9.21. The van der Waals surface area contributed by atoms with E-state index >= 15 is 0 Å². The van der Waals surface area contributed by atoms with E-state index in [2.05, 4.69) is 39.2 Å². The second kappa shape index (κ2) is 4.18. The summed E-state index contributed by atoms with van der Waals surface area (Å²) >= 11 is 0. The van der Waals surface area contributed by atoms with Crippen molar-refractivity contribution in [3.63, 3.8) is 0 Å². The van der Waals surface area contributed by atoms with Crippen molar-refractivity contribution in [2.75, 3.05) is 13.1 Å². The Morgan fingerprint density at radius 3 is 2.81 bits per heavy atom. The molecule has 0 aromatic heterocycles. The summed E-state index contributed by atoms with van der Waals surface area (Å²) < 4.78 is 0. The van der Waals surface area contributed by atoms with Crippen LogP contribution in [0, 0.1) is 0 Å². The van der Waals surface area contributed by atoms with Crippen LogP contribution in [-0.4, -0.2) is 30.5 Å². The molecule has 1 saturated heterocycles. The molecular formula is C13H15N3. The molecule has 1 fully saturated rings. The van der Waals surface area contributed by atoms with Gasteiger partial charge in [0.15, 0.2) is 0 Å². The molecule has 0 saturated carbocycles. The van der Waals surface area contributed by atoms with Crippen LogP contribution in [0.4, 0.5) is 0 Å². The summed E-state index contributed by atoms with van der Waals surface area (Å²) in [5.41, 5.74) is 2.47. The Bertz CT molecular complexity index is 431. The van der Waals surface area contributed by atoms with E-state index in [0.29, 0.717) is 0 Å². The van der Waals surface area contributed by atoms with Gasteiger partial charge in [0.1, 0.15) is 12.5 Å². The van der Waals surface area contributed by atoms with Gasteiger partial charge >= 0.3 is 0 Å². The molecule has 3 rings (SSSR count). The Morgan fingerprint density at radius 2 is 1.94 bits per heavy atom. The van der Waals surface area contributed by atoms with E-state index in [4.69, 9.17) is 0 Å². The highest BCUT2D eigenvalue weighted by molar-refractivity contribution is 5.88. The minimum Gasteiger partial charge on any atom is -0.278 e. The van der Waals surface area contributed by atoms with Gasteiger partial charge in [0, 0.05) is 19.3 Å². The van der Waals surface area contributed by atoms with E-state index in [-0.39, 0.29) is 6.17 Å². The van der Waals surface area contributed by atoms with Gasteiger partial charge < -0.3 is 0 Å². The lowest BCUT2D eigenvalue weighted by atomic mass is 10.1. The minimum absolute atomic E-state index is 0.168. The number of hydrogen-bond acceptors (Lipinski definition) is 3. The number of benzene rings is 1. The molecular weight excluding hydrogens is 198 g/mol. The zero-order valence-corrected chi connectivity index (χ0v) is 9.21. The van der Waals surface area contributed by atoms with Crippen molar-refractivity contribution < 1.29 is 0 Å². The maximum absolute atomic E-state index is 4.55. The van der Waals surface area contributed by atoms with E-state index in [1.165, 1.54) is 24.0 Å². The Kier molecular flexibility index (Phi) is 2.54. The number of likely N-dealkylation sites (tertiary alicyclic amines) is 1. The molecule has 2 heterocycles. The number of nitrogens with zero attached hydrogens (tertiary/aromatic N) is 3. The molecule has 16 heavy (non-hydrogen) atoms. The molecule has 2 aliphatic rings. The first-order valence-electron chi connectivity index (χ1n) is 5.83. The van der Waals surface area contributed by atoms with Gasteiger partial charge in [-0.3, -0.25) is 4.90 Å². The average molecular weight is 213 g/mol. The SMILES string of the molecule is C1=NC=NC(N2CCCC2)c2ccccc21. The van der Waals surface area contributed by atoms with Crippen molar-refractivity contribution in [2.45, 2.75) is 19.0 Å². The second-order valence-electron chi connectivity index (χ2n) is 4.29. The van der Waals surface area contributed by atoms with Crippen LogP contribution in [-0.2, 0) is 0 Å². The summed E-state index contributed by atoms with van der Waals surface area (Å²) in [4.78, 5) is 11.2. The summed E-state index contributed by atoms with van der Waals surface area (Å²) in [6.07, 6.45) is 6.32. The standard InChI is InChI=1S/C13H15N3/c1-2-6-12-11(5-1)9-14-10-15-13(12)16-7-3-4-8-16/h1-2,5-6,9-10,13H,3-4,7-8H2. The van der Waals surface area contributed by atoms with Crippen LogP contribution in [0.1, 0.15) is 30.1 Å². The van der Waals surface area contributed by atoms with Crippen LogP contribution in [0.25, 0.3) is 0 Å². The molecule has 1 unspecified atom stereocenters. The molecule has 2 aliphatic heterocycles. The molecule has 0 bridgehead atoms. The van der Waals surface area contributed by atoms with Crippen molar-refractivity contribution in [1.82, 2.24) is 4.90 Å². The highest BCUT2D eigenvalue weighted by Crippen LogP contribution is 2.28. The molecule has 0 spiro atoms. The van der Waals surface area contributed by atoms with E-state index in [0.717, 1.165) is 13.1 Å². The Labute approximate surface area is 95.5 Å². The lowest BCUT2D eigenvalue weighted by molar-refractivity contribution is 0.254. The number of hydrogen-bond donors (Lipinski definition) is 0. The molecule has 0 radical (unpaired) electrons. The largest absolute Gasteiger partial charge is 0.278 e. The lowest BCUT2D eigenvalue weighted by Gasteiger charge is -2.24. The summed E-state index contributed by atoms with van der Waals surface area (Å²) in [5, 5.41) is 0. The summed E-state index contributed by atoms with van der Waals surface area (Å²) in [6, 6.07) is 8.40. The Morgan fingerprint density at radius 1 is 1.12 bits per heavy atom. The van der Waals surface area contributed by atoms with E-state index in [1.54, 1.807) is 6.34 Å². The van der Waals surface area contributed by atoms with Gasteiger partial charge in [0.05, 0.1) is 0 Å². The van der Waals surface area contributed by atoms with E-state index < -0.39 is 0 Å². The monoisotopic (exact) mass is 213 g/mol. The molecule has 3 heteroatoms. The fourth-order valence-electron chi connectivity index (χ4n) is 2.44. The van der Waals surface area contributed by atoms with Gasteiger partial charge in [-0.05, 0) is 24.0 Å². The predicted octanol–water partition coefficient (Wildman–Crippen LogP) is 2.24. The third-order valence-corrected chi connectivity index (χ3v) is 3.25. The van der Waals surface area contributed by atoms with Crippen LogP contribution < -0.4 is 0 Å². The Hall–Kier alpha value is -1.48. The summed E-state index contributed by atoms with van der Waals surface area (Å²) in [6.45, 7) is 2.30. The van der Waals surface area contributed by atoms with Gasteiger partial charge in [-0.1, -0.05) is 24.3 Å². The number of fused-ring (bicyclic) bond motifs is 1. The average Bonchev–Trinajstić information content (AvgIpc) is 2.76. The second-order valence-corrected chi connectivity index (χ2v) is 4.29. The summed E-state index contributed by atoms with van der Waals surface area (Å²) in [5.74, 6) is 0. The molecule has 82 valence electrons. The molecule has 3 nitrogen and oxygen atoms in total. The first-order chi connectivity index (χ1) is 7.95. The van der Waals surface area contributed by atoms with Crippen LogP contribution in [0.3, 0.4) is 0 Å². The van der Waals surface area contributed by atoms with Crippen LogP contribution in [0.15, 0.2) is 34.3 Å². The molecule has 0 amide bonds. The van der Waals surface area contributed by atoms with Crippen LogP contribution in [0.2, 0.25) is 0 Å².